The normalized spacial score (nSPS) is 10.7. The van der Waals surface area contributed by atoms with E-state index >= 15 is 0 Å². The van der Waals surface area contributed by atoms with E-state index in [1.54, 1.807) is 36.7 Å². The van der Waals surface area contributed by atoms with Crippen LogP contribution in [0.25, 0.3) is 11.0 Å². The second-order valence-corrected chi connectivity index (χ2v) is 7.63. The molecule has 2 heterocycles. The van der Waals surface area contributed by atoms with Crippen molar-refractivity contribution in [2.45, 2.75) is 24.3 Å². The van der Waals surface area contributed by atoms with Crippen LogP contribution in [-0.2, 0) is 12.2 Å². The first kappa shape index (κ1) is 20.6. The summed E-state index contributed by atoms with van der Waals surface area (Å²) in [5.74, 6) is -0.345. The Kier molecular flexibility index (Phi) is 6.28. The number of carbonyl (C=O) groups excluding carboxylic acids is 2. The molecule has 0 radical (unpaired) electrons. The zero-order valence-corrected chi connectivity index (χ0v) is 17.6. The summed E-state index contributed by atoms with van der Waals surface area (Å²) in [6, 6.07) is 16.4. The summed E-state index contributed by atoms with van der Waals surface area (Å²) in [4.78, 5) is 33.6. The van der Waals surface area contributed by atoms with Gasteiger partial charge in [-0.05, 0) is 36.2 Å². The fourth-order valence-corrected chi connectivity index (χ4v) is 3.89. The summed E-state index contributed by atoms with van der Waals surface area (Å²) >= 11 is 1.40. The lowest BCUT2D eigenvalue weighted by atomic mass is 10.1. The number of nitrogens with zero attached hydrogens (tertiary/aromatic N) is 2. The maximum atomic E-state index is 12.8. The Bertz CT molecular complexity index is 1210. The molecule has 0 aliphatic rings. The molecule has 156 valence electrons. The van der Waals surface area contributed by atoms with Gasteiger partial charge in [0.25, 0.3) is 5.91 Å². The molecule has 4 rings (SSSR count). The first-order valence-electron chi connectivity index (χ1n) is 9.75. The molecule has 4 aromatic rings. The van der Waals surface area contributed by atoms with Crippen molar-refractivity contribution in [1.29, 1.82) is 0 Å². The third-order valence-electron chi connectivity index (χ3n) is 4.71. The minimum Gasteiger partial charge on any atom is -0.451 e. The molecule has 8 heteroatoms. The smallest absolute Gasteiger partial charge is 0.305 e. The van der Waals surface area contributed by atoms with Crippen molar-refractivity contribution in [2.24, 2.45) is 0 Å². The molecule has 0 spiro atoms. The van der Waals surface area contributed by atoms with E-state index in [9.17, 15) is 9.59 Å². The maximum Gasteiger partial charge on any atom is 0.305 e. The molecule has 0 bridgehead atoms. The molecular formula is C23H20N4O3S. The highest BCUT2D eigenvalue weighted by Gasteiger charge is 2.21. The molecule has 0 saturated carbocycles. The van der Waals surface area contributed by atoms with Gasteiger partial charge in [-0.3, -0.25) is 20.4 Å². The lowest BCUT2D eigenvalue weighted by Gasteiger charge is -2.08. The standard InChI is InChI=1S/C23H20N4O3S/c1-2-15-8-10-16(11-9-15)21(28)26-27-22(29)20-18(14-31-23-24-12-5-13-25-23)17-6-3-4-7-19(17)30-20/h3-13H,2,14H2,1H3,(H,26,28)(H,27,29). The van der Waals surface area contributed by atoms with Gasteiger partial charge in [-0.1, -0.05) is 49.0 Å². The lowest BCUT2D eigenvalue weighted by molar-refractivity contribution is 0.0831. The molecule has 0 unspecified atom stereocenters. The number of hydrogen-bond acceptors (Lipinski definition) is 6. The van der Waals surface area contributed by atoms with Gasteiger partial charge in [-0.2, -0.15) is 0 Å². The Morgan fingerprint density at radius 2 is 1.65 bits per heavy atom. The van der Waals surface area contributed by atoms with Crippen LogP contribution < -0.4 is 10.9 Å². The van der Waals surface area contributed by atoms with Gasteiger partial charge in [0, 0.05) is 34.7 Å². The molecule has 0 aliphatic carbocycles. The van der Waals surface area contributed by atoms with Crippen molar-refractivity contribution >= 4 is 34.5 Å². The first-order chi connectivity index (χ1) is 15.2. The predicted octanol–water partition coefficient (Wildman–Crippen LogP) is 4.15. The van der Waals surface area contributed by atoms with Crippen LogP contribution >= 0.6 is 11.8 Å². The Hall–Kier alpha value is -3.65. The lowest BCUT2D eigenvalue weighted by Crippen LogP contribution is -2.41. The number of amides is 2. The molecule has 0 aliphatic heterocycles. The average molecular weight is 433 g/mol. The summed E-state index contributed by atoms with van der Waals surface area (Å²) < 4.78 is 5.80. The van der Waals surface area contributed by atoms with Crippen LogP contribution in [0, 0.1) is 0 Å². The van der Waals surface area contributed by atoms with E-state index in [-0.39, 0.29) is 5.76 Å². The summed E-state index contributed by atoms with van der Waals surface area (Å²) in [5, 5.41) is 1.43. The van der Waals surface area contributed by atoms with Crippen molar-refractivity contribution in [3.05, 3.63) is 89.4 Å². The topological polar surface area (TPSA) is 97.1 Å². The third-order valence-corrected chi connectivity index (χ3v) is 5.61. The molecule has 0 saturated heterocycles. The average Bonchev–Trinajstić information content (AvgIpc) is 3.20. The van der Waals surface area contributed by atoms with Crippen molar-refractivity contribution in [1.82, 2.24) is 20.8 Å². The zero-order valence-electron chi connectivity index (χ0n) is 16.8. The number of aromatic nitrogens is 2. The summed E-state index contributed by atoms with van der Waals surface area (Å²) in [7, 11) is 0. The van der Waals surface area contributed by atoms with E-state index in [2.05, 4.69) is 20.8 Å². The third kappa shape index (κ3) is 4.75. The summed E-state index contributed by atoms with van der Waals surface area (Å²) in [6.07, 6.45) is 4.22. The molecule has 0 atom stereocenters. The molecule has 2 N–H and O–H groups in total. The Balaban J connectivity index is 1.50. The highest BCUT2D eigenvalue weighted by atomic mass is 32.2. The van der Waals surface area contributed by atoms with Gasteiger partial charge in [0.15, 0.2) is 10.9 Å². The second kappa shape index (κ2) is 9.44. The van der Waals surface area contributed by atoms with E-state index in [0.29, 0.717) is 27.6 Å². The molecule has 2 aromatic carbocycles. The molecule has 2 amide bonds. The monoisotopic (exact) mass is 432 g/mol. The van der Waals surface area contributed by atoms with E-state index < -0.39 is 11.8 Å². The fourth-order valence-electron chi connectivity index (χ4n) is 3.06. The highest BCUT2D eigenvalue weighted by molar-refractivity contribution is 7.98. The van der Waals surface area contributed by atoms with Gasteiger partial charge in [-0.15, -0.1) is 0 Å². The Labute approximate surface area is 183 Å². The van der Waals surface area contributed by atoms with Crippen molar-refractivity contribution in [3.63, 3.8) is 0 Å². The van der Waals surface area contributed by atoms with Crippen LogP contribution in [-0.4, -0.2) is 21.8 Å². The SMILES string of the molecule is CCc1ccc(C(=O)NNC(=O)c2oc3ccccc3c2CSc2ncccn2)cc1. The summed E-state index contributed by atoms with van der Waals surface area (Å²) in [6.45, 7) is 2.04. The van der Waals surface area contributed by atoms with Crippen molar-refractivity contribution in [3.8, 4) is 0 Å². The number of carbonyl (C=O) groups is 2. The highest BCUT2D eigenvalue weighted by Crippen LogP contribution is 2.30. The number of aryl methyl sites for hydroxylation is 1. The molecule has 2 aromatic heterocycles. The van der Waals surface area contributed by atoms with E-state index in [1.807, 2.05) is 37.3 Å². The van der Waals surface area contributed by atoms with Gasteiger partial charge in [-0.25, -0.2) is 9.97 Å². The van der Waals surface area contributed by atoms with Crippen LogP contribution in [0.3, 0.4) is 0 Å². The van der Waals surface area contributed by atoms with Crippen LogP contribution in [0.5, 0.6) is 0 Å². The van der Waals surface area contributed by atoms with E-state index in [4.69, 9.17) is 4.42 Å². The van der Waals surface area contributed by atoms with Crippen molar-refractivity contribution in [2.75, 3.05) is 0 Å². The number of furan rings is 1. The van der Waals surface area contributed by atoms with Gasteiger partial charge in [0.05, 0.1) is 0 Å². The number of nitrogens with one attached hydrogen (secondary N) is 2. The minimum absolute atomic E-state index is 0.145. The fraction of sp³-hybridized carbons (Fsp3) is 0.130. The molecular weight excluding hydrogens is 412 g/mol. The van der Waals surface area contributed by atoms with Gasteiger partial charge in [0.1, 0.15) is 5.58 Å². The first-order valence-corrected chi connectivity index (χ1v) is 10.7. The zero-order chi connectivity index (χ0) is 21.6. The van der Waals surface area contributed by atoms with Gasteiger partial charge in [0.2, 0.25) is 0 Å². The number of hydrogen-bond donors (Lipinski definition) is 2. The van der Waals surface area contributed by atoms with Gasteiger partial charge < -0.3 is 4.42 Å². The maximum absolute atomic E-state index is 12.8. The Morgan fingerprint density at radius 1 is 0.935 bits per heavy atom. The number of rotatable bonds is 6. The number of thioether (sulfide) groups is 1. The van der Waals surface area contributed by atoms with E-state index in [0.717, 1.165) is 17.4 Å². The minimum atomic E-state index is -0.528. The van der Waals surface area contributed by atoms with Crippen LogP contribution in [0.1, 0.15) is 39.0 Å². The quantitative estimate of drug-likeness (QED) is 0.270. The van der Waals surface area contributed by atoms with Crippen LogP contribution in [0.4, 0.5) is 0 Å². The molecule has 31 heavy (non-hydrogen) atoms. The number of para-hydroxylation sites is 1. The Morgan fingerprint density at radius 3 is 2.39 bits per heavy atom. The van der Waals surface area contributed by atoms with Crippen molar-refractivity contribution < 1.29 is 14.0 Å². The second-order valence-electron chi connectivity index (χ2n) is 6.68. The number of fused-ring (bicyclic) bond motifs is 1. The summed E-state index contributed by atoms with van der Waals surface area (Å²) in [5.41, 5.74) is 7.80. The largest absolute Gasteiger partial charge is 0.451 e. The van der Waals surface area contributed by atoms with Crippen LogP contribution in [0.2, 0.25) is 0 Å². The number of hydrazine groups is 1. The molecule has 0 fully saturated rings. The van der Waals surface area contributed by atoms with E-state index in [1.165, 1.54) is 11.8 Å². The van der Waals surface area contributed by atoms with Gasteiger partial charge >= 0.3 is 5.91 Å². The predicted molar refractivity (Wildman–Crippen MR) is 119 cm³/mol. The van der Waals surface area contributed by atoms with Crippen LogP contribution in [0.15, 0.2) is 76.6 Å². The number of benzene rings is 2. The molecule has 7 nitrogen and oxygen atoms in total.